The quantitative estimate of drug-likeness (QED) is 0.452. The van der Waals surface area contributed by atoms with Crippen molar-refractivity contribution in [3.8, 4) is 5.75 Å². The van der Waals surface area contributed by atoms with E-state index in [-0.39, 0.29) is 28.0 Å². The van der Waals surface area contributed by atoms with Crippen LogP contribution < -0.4 is 15.2 Å². The van der Waals surface area contributed by atoms with Gasteiger partial charge in [-0.1, -0.05) is 19.1 Å². The Morgan fingerprint density at radius 3 is 2.59 bits per heavy atom. The monoisotopic (exact) mass is 439 g/mol. The van der Waals surface area contributed by atoms with Crippen LogP contribution in [-0.4, -0.2) is 32.1 Å². The smallest absolute Gasteiger partial charge is 0.311 e. The van der Waals surface area contributed by atoms with Crippen LogP contribution in [0.5, 0.6) is 5.75 Å². The summed E-state index contributed by atoms with van der Waals surface area (Å²) in [7, 11) is -2.54. The van der Waals surface area contributed by atoms with Gasteiger partial charge in [-0.05, 0) is 35.7 Å². The summed E-state index contributed by atoms with van der Waals surface area (Å²) in [6, 6.07) is 9.17. The third kappa shape index (κ3) is 6.17. The van der Waals surface area contributed by atoms with Gasteiger partial charge in [-0.15, -0.1) is 11.8 Å². The molecule has 0 saturated heterocycles. The number of nitrogens with zero attached hydrogens (tertiary/aromatic N) is 1. The fraction of sp³-hybridized carbons (Fsp3) is 0.278. The van der Waals surface area contributed by atoms with Crippen molar-refractivity contribution in [2.45, 2.75) is 24.0 Å². The number of primary sulfonamides is 1. The number of aryl methyl sites for hydroxylation is 1. The standard InChI is InChI=1S/C18H21N3O6S2/c1-3-13-5-6-14(9-17(13)29(19,25)26)20-18(22)11-28-10-12-4-7-16(27-2)15(8-12)21(23)24/h4-9H,3,10-11H2,1-2H3,(H,20,22)(H2,19,25,26). The highest BCUT2D eigenvalue weighted by atomic mass is 32.2. The summed E-state index contributed by atoms with van der Waals surface area (Å²) in [5.74, 6) is 0.306. The van der Waals surface area contributed by atoms with Gasteiger partial charge >= 0.3 is 5.69 Å². The molecule has 3 N–H and O–H groups in total. The van der Waals surface area contributed by atoms with Crippen LogP contribution in [0.15, 0.2) is 41.3 Å². The summed E-state index contributed by atoms with van der Waals surface area (Å²) < 4.78 is 28.4. The molecular formula is C18H21N3O6S2. The lowest BCUT2D eigenvalue weighted by atomic mass is 10.1. The molecular weight excluding hydrogens is 418 g/mol. The van der Waals surface area contributed by atoms with Crippen molar-refractivity contribution in [1.82, 2.24) is 0 Å². The van der Waals surface area contributed by atoms with E-state index in [1.54, 1.807) is 18.2 Å². The number of benzene rings is 2. The summed E-state index contributed by atoms with van der Waals surface area (Å²) in [5, 5.41) is 18.9. The summed E-state index contributed by atoms with van der Waals surface area (Å²) >= 11 is 1.27. The molecule has 0 heterocycles. The van der Waals surface area contributed by atoms with Gasteiger partial charge in [-0.25, -0.2) is 13.6 Å². The summed E-state index contributed by atoms with van der Waals surface area (Å²) in [6.07, 6.45) is 0.490. The number of sulfonamides is 1. The molecule has 0 unspecified atom stereocenters. The van der Waals surface area contributed by atoms with Crippen molar-refractivity contribution in [2.24, 2.45) is 5.14 Å². The maximum absolute atomic E-state index is 12.2. The molecule has 2 aromatic rings. The Hall–Kier alpha value is -2.63. The first-order valence-electron chi connectivity index (χ1n) is 8.50. The van der Waals surface area contributed by atoms with E-state index < -0.39 is 14.9 Å². The number of nitrogens with one attached hydrogen (secondary N) is 1. The highest BCUT2D eigenvalue weighted by molar-refractivity contribution is 7.99. The lowest BCUT2D eigenvalue weighted by Gasteiger charge is -2.10. The molecule has 0 fully saturated rings. The number of nitro benzene ring substituents is 1. The first-order valence-corrected chi connectivity index (χ1v) is 11.2. The normalized spacial score (nSPS) is 11.1. The van der Waals surface area contributed by atoms with Crippen molar-refractivity contribution in [3.63, 3.8) is 0 Å². The van der Waals surface area contributed by atoms with E-state index in [4.69, 9.17) is 9.88 Å². The van der Waals surface area contributed by atoms with Gasteiger partial charge < -0.3 is 10.1 Å². The minimum Gasteiger partial charge on any atom is -0.490 e. The number of nitro groups is 1. The number of rotatable bonds is 9. The molecule has 9 nitrogen and oxygen atoms in total. The number of amides is 1. The maximum Gasteiger partial charge on any atom is 0.311 e. The molecule has 0 spiro atoms. The minimum atomic E-state index is -3.90. The number of hydrogen-bond acceptors (Lipinski definition) is 7. The summed E-state index contributed by atoms with van der Waals surface area (Å²) in [6.45, 7) is 1.81. The number of carbonyl (C=O) groups is 1. The van der Waals surface area contributed by atoms with Crippen LogP contribution in [0, 0.1) is 10.1 Å². The van der Waals surface area contributed by atoms with Crippen molar-refractivity contribution < 1.29 is 22.9 Å². The van der Waals surface area contributed by atoms with Gasteiger partial charge in [0.2, 0.25) is 15.9 Å². The topological polar surface area (TPSA) is 142 Å². The van der Waals surface area contributed by atoms with Crippen LogP contribution in [0.1, 0.15) is 18.1 Å². The molecule has 1 amide bonds. The molecule has 156 valence electrons. The number of ether oxygens (including phenoxy) is 1. The Morgan fingerprint density at radius 2 is 2.00 bits per heavy atom. The summed E-state index contributed by atoms with van der Waals surface area (Å²) in [4.78, 5) is 22.7. The molecule has 0 saturated carbocycles. The largest absolute Gasteiger partial charge is 0.490 e. The Bertz CT molecular complexity index is 1020. The molecule has 2 rings (SSSR count). The molecule has 11 heteroatoms. The zero-order valence-corrected chi connectivity index (χ0v) is 17.5. The fourth-order valence-electron chi connectivity index (χ4n) is 2.62. The SMILES string of the molecule is CCc1ccc(NC(=O)CSCc2ccc(OC)c([N+](=O)[O-])c2)cc1S(N)(=O)=O. The second-order valence-corrected chi connectivity index (χ2v) is 8.54. The number of thioether (sulfide) groups is 1. The minimum absolute atomic E-state index is 0.0176. The Balaban J connectivity index is 1.99. The molecule has 0 aliphatic heterocycles. The van der Waals surface area contributed by atoms with Crippen molar-refractivity contribution in [1.29, 1.82) is 0 Å². The molecule has 0 radical (unpaired) electrons. The fourth-order valence-corrected chi connectivity index (χ4v) is 4.26. The third-order valence-corrected chi connectivity index (χ3v) is 5.98. The van der Waals surface area contributed by atoms with E-state index in [9.17, 15) is 23.3 Å². The van der Waals surface area contributed by atoms with Gasteiger partial charge in [-0.3, -0.25) is 14.9 Å². The molecule has 2 aromatic carbocycles. The molecule has 0 bridgehead atoms. The Morgan fingerprint density at radius 1 is 1.28 bits per heavy atom. The van der Waals surface area contributed by atoms with E-state index in [1.165, 1.54) is 37.1 Å². The maximum atomic E-state index is 12.2. The predicted molar refractivity (Wildman–Crippen MR) is 112 cm³/mol. The zero-order chi connectivity index (χ0) is 21.6. The van der Waals surface area contributed by atoms with Gasteiger partial charge in [0.05, 0.1) is 22.7 Å². The van der Waals surface area contributed by atoms with Crippen LogP contribution in [0.4, 0.5) is 11.4 Å². The van der Waals surface area contributed by atoms with Gasteiger partial charge in [0.15, 0.2) is 5.75 Å². The van der Waals surface area contributed by atoms with Crippen LogP contribution >= 0.6 is 11.8 Å². The number of carbonyl (C=O) groups excluding carboxylic acids is 1. The second-order valence-electron chi connectivity index (χ2n) is 6.03. The average molecular weight is 440 g/mol. The molecule has 0 aliphatic carbocycles. The van der Waals surface area contributed by atoms with Gasteiger partial charge in [-0.2, -0.15) is 0 Å². The highest BCUT2D eigenvalue weighted by Crippen LogP contribution is 2.29. The van der Waals surface area contributed by atoms with Gasteiger partial charge in [0.1, 0.15) is 0 Å². The highest BCUT2D eigenvalue weighted by Gasteiger charge is 2.16. The zero-order valence-electron chi connectivity index (χ0n) is 15.9. The van der Waals surface area contributed by atoms with Crippen LogP contribution in [-0.2, 0) is 27.0 Å². The number of methoxy groups -OCH3 is 1. The number of anilines is 1. The van der Waals surface area contributed by atoms with E-state index in [1.807, 2.05) is 6.92 Å². The van der Waals surface area contributed by atoms with Gasteiger partial charge in [0, 0.05) is 17.5 Å². The first-order chi connectivity index (χ1) is 13.7. The molecule has 0 aliphatic rings. The average Bonchev–Trinajstić information content (AvgIpc) is 2.67. The van der Waals surface area contributed by atoms with E-state index in [2.05, 4.69) is 5.32 Å². The number of nitrogens with two attached hydrogens (primary N) is 1. The van der Waals surface area contributed by atoms with E-state index in [0.717, 1.165) is 0 Å². The Labute approximate surface area is 172 Å². The molecule has 0 aromatic heterocycles. The third-order valence-electron chi connectivity index (χ3n) is 3.98. The lowest BCUT2D eigenvalue weighted by Crippen LogP contribution is -2.17. The van der Waals surface area contributed by atoms with Gasteiger partial charge in [0.25, 0.3) is 0 Å². The van der Waals surface area contributed by atoms with Crippen LogP contribution in [0.3, 0.4) is 0 Å². The first kappa shape index (κ1) is 22.7. The van der Waals surface area contributed by atoms with Crippen molar-refractivity contribution in [2.75, 3.05) is 18.2 Å². The van der Waals surface area contributed by atoms with Crippen LogP contribution in [0.25, 0.3) is 0 Å². The summed E-state index contributed by atoms with van der Waals surface area (Å²) in [5.41, 5.74) is 1.44. The van der Waals surface area contributed by atoms with E-state index in [0.29, 0.717) is 29.0 Å². The number of hydrogen-bond donors (Lipinski definition) is 2. The van der Waals surface area contributed by atoms with E-state index >= 15 is 0 Å². The van der Waals surface area contributed by atoms with Crippen molar-refractivity contribution >= 4 is 39.1 Å². The van der Waals surface area contributed by atoms with Crippen molar-refractivity contribution in [3.05, 3.63) is 57.6 Å². The Kier molecular flexibility index (Phi) is 7.59. The molecule has 29 heavy (non-hydrogen) atoms. The molecule has 0 atom stereocenters. The lowest BCUT2D eigenvalue weighted by molar-refractivity contribution is -0.385. The second kappa shape index (κ2) is 9.72. The predicted octanol–water partition coefficient (Wildman–Crippen LogP) is 2.69. The van der Waals surface area contributed by atoms with Crippen LogP contribution in [0.2, 0.25) is 0 Å².